The van der Waals surface area contributed by atoms with Crippen LogP contribution in [-0.2, 0) is 11.2 Å². The van der Waals surface area contributed by atoms with Crippen molar-refractivity contribution in [2.75, 3.05) is 11.6 Å². The lowest BCUT2D eigenvalue weighted by atomic mass is 10.2. The second kappa shape index (κ2) is 7.48. The van der Waals surface area contributed by atoms with Crippen molar-refractivity contribution in [2.24, 2.45) is 0 Å². The molecule has 0 bridgehead atoms. The Balaban J connectivity index is 1.96. The van der Waals surface area contributed by atoms with Crippen LogP contribution in [0.2, 0.25) is 0 Å². The Morgan fingerprint density at radius 2 is 1.25 bits per heavy atom. The van der Waals surface area contributed by atoms with E-state index in [0.717, 1.165) is 21.9 Å². The molecule has 0 radical (unpaired) electrons. The van der Waals surface area contributed by atoms with Crippen molar-refractivity contribution in [3.8, 4) is 0 Å². The van der Waals surface area contributed by atoms with E-state index in [4.69, 9.17) is 0 Å². The number of aliphatic hydroxyl groups excluding tert-OH is 1. The van der Waals surface area contributed by atoms with E-state index in [1.54, 1.807) is 0 Å². The zero-order valence-electron chi connectivity index (χ0n) is 13.3. The van der Waals surface area contributed by atoms with Crippen molar-refractivity contribution in [3.63, 3.8) is 0 Å². The molecule has 24 heavy (non-hydrogen) atoms. The minimum atomic E-state index is -2.81. The maximum absolute atomic E-state index is 13.9. The monoisotopic (exact) mass is 337 g/mol. The van der Waals surface area contributed by atoms with E-state index >= 15 is 0 Å². The molecule has 0 aliphatic heterocycles. The van der Waals surface area contributed by atoms with Crippen molar-refractivity contribution < 1.29 is 9.67 Å². The largest absolute Gasteiger partial charge is 0.392 e. The Labute approximate surface area is 142 Å². The number of rotatable bonds is 6. The van der Waals surface area contributed by atoms with Gasteiger partial charge in [0.05, 0.1) is 12.9 Å². The second-order valence-corrected chi connectivity index (χ2v) is 8.39. The quantitative estimate of drug-likeness (QED) is 0.676. The first-order valence-corrected chi connectivity index (χ1v) is 9.76. The van der Waals surface area contributed by atoms with Crippen LogP contribution in [0.4, 0.5) is 5.69 Å². The number of benzene rings is 3. The molecule has 0 aromatic heterocycles. The summed E-state index contributed by atoms with van der Waals surface area (Å²) < 4.78 is 13.9. The molecule has 4 heteroatoms. The third kappa shape index (κ3) is 3.43. The molecule has 0 aliphatic carbocycles. The van der Waals surface area contributed by atoms with Gasteiger partial charge in [0, 0.05) is 21.9 Å². The van der Waals surface area contributed by atoms with Crippen LogP contribution in [0.3, 0.4) is 0 Å². The SMILES string of the molecule is O=P(CNc1ccccc1CO)(c1ccccc1)c1ccccc1. The molecular weight excluding hydrogens is 317 g/mol. The van der Waals surface area contributed by atoms with Crippen molar-refractivity contribution in [2.45, 2.75) is 6.61 Å². The average Bonchev–Trinajstić information content (AvgIpc) is 2.67. The van der Waals surface area contributed by atoms with Gasteiger partial charge in [0.15, 0.2) is 7.14 Å². The van der Waals surface area contributed by atoms with Crippen LogP contribution in [0.1, 0.15) is 5.56 Å². The highest BCUT2D eigenvalue weighted by atomic mass is 31.2. The topological polar surface area (TPSA) is 49.3 Å². The van der Waals surface area contributed by atoms with Crippen molar-refractivity contribution in [1.82, 2.24) is 0 Å². The van der Waals surface area contributed by atoms with Crippen LogP contribution >= 0.6 is 7.14 Å². The fourth-order valence-corrected chi connectivity index (χ4v) is 5.06. The zero-order valence-corrected chi connectivity index (χ0v) is 14.2. The summed E-state index contributed by atoms with van der Waals surface area (Å²) in [5.41, 5.74) is 1.61. The van der Waals surface area contributed by atoms with E-state index in [-0.39, 0.29) is 6.61 Å². The molecule has 2 N–H and O–H groups in total. The molecule has 0 amide bonds. The molecule has 0 atom stereocenters. The van der Waals surface area contributed by atoms with Gasteiger partial charge in [-0.15, -0.1) is 0 Å². The molecular formula is C20H20NO2P. The Hall–Kier alpha value is -2.35. The van der Waals surface area contributed by atoms with Gasteiger partial charge in [-0.2, -0.15) is 0 Å². The summed E-state index contributed by atoms with van der Waals surface area (Å²) in [5.74, 6) is 0. The van der Waals surface area contributed by atoms with Gasteiger partial charge in [-0.25, -0.2) is 0 Å². The highest BCUT2D eigenvalue weighted by molar-refractivity contribution is 7.78. The molecule has 0 aliphatic rings. The van der Waals surface area contributed by atoms with Crippen LogP contribution in [0, 0.1) is 0 Å². The number of hydrogen-bond acceptors (Lipinski definition) is 3. The summed E-state index contributed by atoms with van der Waals surface area (Å²) in [4.78, 5) is 0. The highest BCUT2D eigenvalue weighted by Gasteiger charge is 2.26. The van der Waals surface area contributed by atoms with E-state index in [9.17, 15) is 9.67 Å². The smallest absolute Gasteiger partial charge is 0.161 e. The first-order valence-electron chi connectivity index (χ1n) is 7.87. The predicted molar refractivity (Wildman–Crippen MR) is 101 cm³/mol. The molecule has 0 fully saturated rings. The van der Waals surface area contributed by atoms with Crippen molar-refractivity contribution >= 4 is 23.4 Å². The zero-order chi connectivity index (χ0) is 16.8. The number of para-hydroxylation sites is 1. The standard InChI is InChI=1S/C20H20NO2P/c22-15-17-9-7-8-14-20(17)21-16-24(23,18-10-3-1-4-11-18)19-12-5-2-6-13-19/h1-14,21-22H,15-16H2. The van der Waals surface area contributed by atoms with E-state index in [1.165, 1.54) is 0 Å². The molecule has 0 saturated carbocycles. The Bertz CT molecular complexity index is 791. The predicted octanol–water partition coefficient (Wildman–Crippen LogP) is 3.56. The Morgan fingerprint density at radius 3 is 1.79 bits per heavy atom. The fourth-order valence-electron chi connectivity index (χ4n) is 2.70. The summed E-state index contributed by atoms with van der Waals surface area (Å²) in [6, 6.07) is 26.7. The van der Waals surface area contributed by atoms with Gasteiger partial charge in [0.1, 0.15) is 0 Å². The van der Waals surface area contributed by atoms with Crippen LogP contribution < -0.4 is 15.9 Å². The van der Waals surface area contributed by atoms with Crippen molar-refractivity contribution in [1.29, 1.82) is 0 Å². The summed E-state index contributed by atoms with van der Waals surface area (Å²) in [7, 11) is -2.81. The minimum absolute atomic E-state index is 0.0514. The Kier molecular flexibility index (Phi) is 5.14. The maximum Gasteiger partial charge on any atom is 0.161 e. The van der Waals surface area contributed by atoms with Gasteiger partial charge in [0.2, 0.25) is 0 Å². The first-order chi connectivity index (χ1) is 11.7. The number of hydrogen-bond donors (Lipinski definition) is 2. The normalized spacial score (nSPS) is 11.2. The van der Waals surface area contributed by atoms with Crippen LogP contribution in [0.25, 0.3) is 0 Å². The van der Waals surface area contributed by atoms with Gasteiger partial charge in [0.25, 0.3) is 0 Å². The van der Waals surface area contributed by atoms with Gasteiger partial charge < -0.3 is 15.0 Å². The van der Waals surface area contributed by atoms with E-state index in [0.29, 0.717) is 6.29 Å². The second-order valence-electron chi connectivity index (χ2n) is 5.56. The van der Waals surface area contributed by atoms with E-state index < -0.39 is 7.14 Å². The Morgan fingerprint density at radius 1 is 0.750 bits per heavy atom. The summed E-state index contributed by atoms with van der Waals surface area (Å²) in [6.45, 7) is -0.0514. The molecule has 0 heterocycles. The minimum Gasteiger partial charge on any atom is -0.392 e. The number of nitrogens with one attached hydrogen (secondary N) is 1. The van der Waals surface area contributed by atoms with Gasteiger partial charge in [-0.05, 0) is 6.07 Å². The number of anilines is 1. The molecule has 3 nitrogen and oxygen atoms in total. The third-order valence-corrected chi connectivity index (χ3v) is 6.89. The van der Waals surface area contributed by atoms with Crippen LogP contribution in [-0.4, -0.2) is 11.4 Å². The third-order valence-electron chi connectivity index (χ3n) is 4.03. The van der Waals surface area contributed by atoms with E-state index in [2.05, 4.69) is 5.32 Å². The lowest BCUT2D eigenvalue weighted by Gasteiger charge is -2.21. The van der Waals surface area contributed by atoms with Gasteiger partial charge >= 0.3 is 0 Å². The molecule has 3 rings (SSSR count). The average molecular weight is 337 g/mol. The summed E-state index contributed by atoms with van der Waals surface area (Å²) in [6.07, 6.45) is 0.304. The molecule has 3 aromatic rings. The summed E-state index contributed by atoms with van der Waals surface area (Å²) >= 11 is 0. The van der Waals surface area contributed by atoms with E-state index in [1.807, 2.05) is 84.9 Å². The summed E-state index contributed by atoms with van der Waals surface area (Å²) in [5, 5.41) is 14.4. The van der Waals surface area contributed by atoms with Gasteiger partial charge in [-0.3, -0.25) is 0 Å². The van der Waals surface area contributed by atoms with Gasteiger partial charge in [-0.1, -0.05) is 78.9 Å². The molecule has 0 spiro atoms. The lowest BCUT2D eigenvalue weighted by Crippen LogP contribution is -2.22. The van der Waals surface area contributed by atoms with Crippen molar-refractivity contribution in [3.05, 3.63) is 90.5 Å². The van der Waals surface area contributed by atoms with Crippen LogP contribution in [0.15, 0.2) is 84.9 Å². The molecule has 0 unspecified atom stereocenters. The maximum atomic E-state index is 13.9. The molecule has 0 saturated heterocycles. The molecule has 122 valence electrons. The van der Waals surface area contributed by atoms with Crippen LogP contribution in [0.5, 0.6) is 0 Å². The highest BCUT2D eigenvalue weighted by Crippen LogP contribution is 2.43. The first kappa shape index (κ1) is 16.5. The molecule has 3 aromatic carbocycles. The lowest BCUT2D eigenvalue weighted by molar-refractivity contribution is 0.282. The fraction of sp³-hybridized carbons (Fsp3) is 0.100. The number of aliphatic hydroxyl groups is 1.